The van der Waals surface area contributed by atoms with Crippen LogP contribution in [0.1, 0.15) is 49.4 Å². The maximum Gasteiger partial charge on any atom is 0.124 e. The number of piperazine rings is 1. The smallest absolute Gasteiger partial charge is 0.124 e. The first-order valence-corrected chi connectivity index (χ1v) is 12.8. The Bertz CT molecular complexity index is 1200. The molecule has 3 aliphatic rings. The zero-order valence-electron chi connectivity index (χ0n) is 19.5. The molecule has 0 aliphatic carbocycles. The minimum atomic E-state index is 0.372. The van der Waals surface area contributed by atoms with E-state index in [0.29, 0.717) is 12.1 Å². The van der Waals surface area contributed by atoms with Gasteiger partial charge in [-0.05, 0) is 75.2 Å². The highest BCUT2D eigenvalue weighted by Crippen LogP contribution is 2.29. The topological polar surface area (TPSA) is 87.9 Å². The van der Waals surface area contributed by atoms with Crippen LogP contribution in [0.3, 0.4) is 0 Å². The fourth-order valence-corrected chi connectivity index (χ4v) is 5.82. The van der Waals surface area contributed by atoms with E-state index in [4.69, 9.17) is 9.97 Å². The number of rotatable bonds is 4. The standard InChI is InChI=1S/C26H32N8/c1-3-21(27-9-1)25-29-19-7-5-17(15-23(19)31-25)33-11-13-34(14-12-33)18-6-8-20-24(16-18)32-26(30-20)22-4-2-10-28-22/h5-8,15-16,21-22,27-28H,1-4,9-14H2,(H,29,31)(H,30,32)/t21-,22?/m0/s1. The molecule has 3 aliphatic heterocycles. The van der Waals surface area contributed by atoms with Gasteiger partial charge in [-0.3, -0.25) is 0 Å². The average molecular weight is 457 g/mol. The molecule has 1 unspecified atom stereocenters. The molecule has 2 aromatic carbocycles. The zero-order chi connectivity index (χ0) is 22.5. The number of hydrogen-bond donors (Lipinski definition) is 4. The summed E-state index contributed by atoms with van der Waals surface area (Å²) in [6, 6.07) is 14.1. The second-order valence-electron chi connectivity index (χ2n) is 9.92. The van der Waals surface area contributed by atoms with Crippen LogP contribution in [0.25, 0.3) is 22.1 Å². The molecule has 8 heteroatoms. The van der Waals surface area contributed by atoms with E-state index < -0.39 is 0 Å². The quantitative estimate of drug-likeness (QED) is 0.375. The summed E-state index contributed by atoms with van der Waals surface area (Å²) in [5.41, 5.74) is 6.96. The average Bonchev–Trinajstić information content (AvgIpc) is 3.69. The van der Waals surface area contributed by atoms with E-state index in [0.717, 1.165) is 85.8 Å². The summed E-state index contributed by atoms with van der Waals surface area (Å²) < 4.78 is 0. The lowest BCUT2D eigenvalue weighted by atomic mass is 10.2. The van der Waals surface area contributed by atoms with Gasteiger partial charge in [0.25, 0.3) is 0 Å². The predicted molar refractivity (Wildman–Crippen MR) is 137 cm³/mol. The molecular formula is C26H32N8. The maximum atomic E-state index is 4.83. The first kappa shape index (κ1) is 20.3. The zero-order valence-corrected chi connectivity index (χ0v) is 19.5. The SMILES string of the molecule is c1cc2nc(C3CCCN3)[nH]c2cc1N1CCN(c2ccc3nc([C@@H]4CCCN4)[nH]c3c2)CC1. The number of H-pyrrole nitrogens is 2. The minimum Gasteiger partial charge on any atom is -0.368 e. The molecule has 0 amide bonds. The van der Waals surface area contributed by atoms with Crippen LogP contribution in [0.15, 0.2) is 36.4 Å². The molecular weight excluding hydrogens is 424 g/mol. The molecule has 5 heterocycles. The third kappa shape index (κ3) is 3.61. The fourth-order valence-electron chi connectivity index (χ4n) is 5.82. The van der Waals surface area contributed by atoms with Gasteiger partial charge in [0.05, 0.1) is 34.2 Å². The molecule has 34 heavy (non-hydrogen) atoms. The highest BCUT2D eigenvalue weighted by molar-refractivity contribution is 5.81. The van der Waals surface area contributed by atoms with Gasteiger partial charge in [0.15, 0.2) is 0 Å². The van der Waals surface area contributed by atoms with E-state index in [2.05, 4.69) is 66.8 Å². The van der Waals surface area contributed by atoms with Crippen molar-refractivity contribution in [2.24, 2.45) is 0 Å². The summed E-state index contributed by atoms with van der Waals surface area (Å²) >= 11 is 0. The van der Waals surface area contributed by atoms with E-state index in [9.17, 15) is 0 Å². The Morgan fingerprint density at radius 3 is 1.53 bits per heavy atom. The van der Waals surface area contributed by atoms with E-state index in [1.54, 1.807) is 0 Å². The Hall–Kier alpha value is -3.10. The number of fused-ring (bicyclic) bond motifs is 2. The predicted octanol–water partition coefficient (Wildman–Crippen LogP) is 3.61. The fraction of sp³-hybridized carbons (Fsp3) is 0.462. The number of benzene rings is 2. The molecule has 176 valence electrons. The normalized spacial score (nSPS) is 23.5. The Labute approximate surface area is 199 Å². The summed E-state index contributed by atoms with van der Waals surface area (Å²) in [7, 11) is 0. The van der Waals surface area contributed by atoms with Gasteiger partial charge < -0.3 is 30.4 Å². The molecule has 2 aromatic heterocycles. The minimum absolute atomic E-state index is 0.372. The molecule has 0 bridgehead atoms. The van der Waals surface area contributed by atoms with Crippen LogP contribution in [0.2, 0.25) is 0 Å². The Balaban J connectivity index is 1.05. The summed E-state index contributed by atoms with van der Waals surface area (Å²) in [4.78, 5) is 21.8. The van der Waals surface area contributed by atoms with Gasteiger partial charge in [-0.2, -0.15) is 0 Å². The van der Waals surface area contributed by atoms with Crippen molar-refractivity contribution in [3.63, 3.8) is 0 Å². The highest BCUT2D eigenvalue weighted by Gasteiger charge is 2.23. The molecule has 0 saturated carbocycles. The van der Waals surface area contributed by atoms with Gasteiger partial charge in [0.1, 0.15) is 11.6 Å². The molecule has 7 rings (SSSR count). The van der Waals surface area contributed by atoms with Crippen LogP contribution in [-0.2, 0) is 0 Å². The number of nitrogens with zero attached hydrogens (tertiary/aromatic N) is 4. The first-order valence-electron chi connectivity index (χ1n) is 12.8. The van der Waals surface area contributed by atoms with Crippen LogP contribution >= 0.6 is 0 Å². The van der Waals surface area contributed by atoms with Gasteiger partial charge in [0.2, 0.25) is 0 Å². The van der Waals surface area contributed by atoms with Crippen molar-refractivity contribution < 1.29 is 0 Å². The van der Waals surface area contributed by atoms with Gasteiger partial charge in [0, 0.05) is 37.6 Å². The Morgan fingerprint density at radius 1 is 0.647 bits per heavy atom. The summed E-state index contributed by atoms with van der Waals surface area (Å²) in [5.74, 6) is 2.16. The molecule has 2 atom stereocenters. The number of aromatic nitrogens is 4. The van der Waals surface area contributed by atoms with Crippen molar-refractivity contribution in [2.45, 2.75) is 37.8 Å². The van der Waals surface area contributed by atoms with E-state index >= 15 is 0 Å². The van der Waals surface area contributed by atoms with E-state index in [-0.39, 0.29) is 0 Å². The molecule has 3 fully saturated rings. The van der Waals surface area contributed by atoms with Crippen LogP contribution in [0.4, 0.5) is 11.4 Å². The van der Waals surface area contributed by atoms with Crippen molar-refractivity contribution in [1.82, 2.24) is 30.6 Å². The van der Waals surface area contributed by atoms with Crippen LogP contribution in [-0.4, -0.2) is 59.2 Å². The number of imidazole rings is 2. The van der Waals surface area contributed by atoms with Gasteiger partial charge >= 0.3 is 0 Å². The first-order chi connectivity index (χ1) is 16.8. The van der Waals surface area contributed by atoms with Crippen LogP contribution < -0.4 is 20.4 Å². The molecule has 4 aromatic rings. The molecule has 4 N–H and O–H groups in total. The number of anilines is 2. The summed E-state index contributed by atoms with van der Waals surface area (Å²) in [6.07, 6.45) is 4.78. The summed E-state index contributed by atoms with van der Waals surface area (Å²) in [6.45, 7) is 6.21. The molecule has 0 spiro atoms. The van der Waals surface area contributed by atoms with Gasteiger partial charge in [-0.25, -0.2) is 9.97 Å². The van der Waals surface area contributed by atoms with Gasteiger partial charge in [-0.1, -0.05) is 0 Å². The van der Waals surface area contributed by atoms with Crippen molar-refractivity contribution in [2.75, 3.05) is 49.1 Å². The Kier molecular flexibility index (Phi) is 4.94. The number of nitrogens with one attached hydrogen (secondary N) is 4. The van der Waals surface area contributed by atoms with Gasteiger partial charge in [-0.15, -0.1) is 0 Å². The second-order valence-corrected chi connectivity index (χ2v) is 9.92. The lowest BCUT2D eigenvalue weighted by Gasteiger charge is -2.37. The monoisotopic (exact) mass is 456 g/mol. The number of hydrogen-bond acceptors (Lipinski definition) is 6. The molecule has 3 saturated heterocycles. The number of aromatic amines is 2. The van der Waals surface area contributed by atoms with Crippen molar-refractivity contribution in [3.8, 4) is 0 Å². The van der Waals surface area contributed by atoms with Crippen molar-refractivity contribution >= 4 is 33.4 Å². The maximum absolute atomic E-state index is 4.83. The lowest BCUT2D eigenvalue weighted by Crippen LogP contribution is -2.46. The third-order valence-electron chi connectivity index (χ3n) is 7.76. The van der Waals surface area contributed by atoms with E-state index in [1.807, 2.05) is 0 Å². The Morgan fingerprint density at radius 2 is 1.12 bits per heavy atom. The van der Waals surface area contributed by atoms with Crippen molar-refractivity contribution in [1.29, 1.82) is 0 Å². The molecule has 8 nitrogen and oxygen atoms in total. The van der Waals surface area contributed by atoms with Crippen LogP contribution in [0.5, 0.6) is 0 Å². The third-order valence-corrected chi connectivity index (χ3v) is 7.76. The lowest BCUT2D eigenvalue weighted by molar-refractivity contribution is 0.614. The largest absolute Gasteiger partial charge is 0.368 e. The highest BCUT2D eigenvalue weighted by atomic mass is 15.3. The van der Waals surface area contributed by atoms with Crippen LogP contribution in [0, 0.1) is 0 Å². The molecule has 0 radical (unpaired) electrons. The van der Waals surface area contributed by atoms with E-state index in [1.165, 1.54) is 24.2 Å². The van der Waals surface area contributed by atoms with Crippen molar-refractivity contribution in [3.05, 3.63) is 48.0 Å². The second kappa shape index (κ2) is 8.29. The summed E-state index contributed by atoms with van der Waals surface area (Å²) in [5, 5.41) is 7.08.